The molecule has 1 amide bonds. The highest BCUT2D eigenvalue weighted by molar-refractivity contribution is 6.31. The number of methoxy groups -OCH3 is 1. The molecular formula is C10H12ClN3O4. The van der Waals surface area contributed by atoms with E-state index in [-0.39, 0.29) is 22.9 Å². The van der Waals surface area contributed by atoms with Gasteiger partial charge < -0.3 is 15.8 Å². The van der Waals surface area contributed by atoms with Gasteiger partial charge in [-0.15, -0.1) is 0 Å². The number of halogens is 1. The molecule has 1 unspecified atom stereocenters. The SMILES string of the molecule is COC(CN)C(=O)Nc1ccc(Cl)cc1[N+](=O)[O-]. The van der Waals surface area contributed by atoms with Crippen molar-refractivity contribution in [2.45, 2.75) is 6.10 Å². The maximum Gasteiger partial charge on any atom is 0.294 e. The zero-order valence-corrected chi connectivity index (χ0v) is 10.3. The highest BCUT2D eigenvalue weighted by Crippen LogP contribution is 2.27. The van der Waals surface area contributed by atoms with Crippen LogP contribution in [0, 0.1) is 10.1 Å². The molecule has 0 bridgehead atoms. The Balaban J connectivity index is 2.97. The second kappa shape index (κ2) is 6.29. The molecule has 98 valence electrons. The Kier molecular flexibility index (Phi) is 5.02. The van der Waals surface area contributed by atoms with Gasteiger partial charge in [-0.05, 0) is 12.1 Å². The van der Waals surface area contributed by atoms with Gasteiger partial charge in [0.05, 0.1) is 4.92 Å². The van der Waals surface area contributed by atoms with Crippen LogP contribution in [0.5, 0.6) is 0 Å². The molecule has 1 aromatic carbocycles. The fourth-order valence-electron chi connectivity index (χ4n) is 1.29. The number of nitro groups is 1. The normalized spacial score (nSPS) is 11.9. The second-order valence-corrected chi connectivity index (χ2v) is 3.80. The molecule has 1 rings (SSSR count). The Morgan fingerprint density at radius 1 is 1.67 bits per heavy atom. The molecule has 0 aliphatic carbocycles. The van der Waals surface area contributed by atoms with Crippen molar-refractivity contribution in [3.63, 3.8) is 0 Å². The molecule has 0 saturated carbocycles. The summed E-state index contributed by atoms with van der Waals surface area (Å²) in [7, 11) is 1.33. The van der Waals surface area contributed by atoms with Gasteiger partial charge in [-0.3, -0.25) is 14.9 Å². The number of hydrogen-bond donors (Lipinski definition) is 2. The van der Waals surface area contributed by atoms with E-state index in [9.17, 15) is 14.9 Å². The number of nitrogens with two attached hydrogens (primary N) is 1. The van der Waals surface area contributed by atoms with E-state index in [0.29, 0.717) is 0 Å². The van der Waals surface area contributed by atoms with Gasteiger partial charge in [-0.1, -0.05) is 11.6 Å². The van der Waals surface area contributed by atoms with Gasteiger partial charge in [0.2, 0.25) is 0 Å². The minimum Gasteiger partial charge on any atom is -0.370 e. The molecule has 0 aliphatic rings. The molecular weight excluding hydrogens is 262 g/mol. The Hall–Kier alpha value is -1.70. The Bertz CT molecular complexity index is 462. The number of anilines is 1. The van der Waals surface area contributed by atoms with Crippen LogP contribution in [-0.2, 0) is 9.53 Å². The van der Waals surface area contributed by atoms with E-state index in [1.807, 2.05) is 0 Å². The summed E-state index contributed by atoms with van der Waals surface area (Å²) < 4.78 is 4.82. The van der Waals surface area contributed by atoms with Gasteiger partial charge in [0, 0.05) is 24.7 Å². The van der Waals surface area contributed by atoms with Gasteiger partial charge in [0.25, 0.3) is 11.6 Å². The van der Waals surface area contributed by atoms with Crippen LogP contribution in [0.2, 0.25) is 5.02 Å². The van der Waals surface area contributed by atoms with Gasteiger partial charge in [-0.2, -0.15) is 0 Å². The van der Waals surface area contributed by atoms with E-state index in [1.165, 1.54) is 19.2 Å². The predicted molar refractivity (Wildman–Crippen MR) is 66.6 cm³/mol. The van der Waals surface area contributed by atoms with Crippen LogP contribution in [0.1, 0.15) is 0 Å². The third-order valence-electron chi connectivity index (χ3n) is 2.21. The molecule has 0 aliphatic heterocycles. The summed E-state index contributed by atoms with van der Waals surface area (Å²) in [6.45, 7) is -0.0241. The summed E-state index contributed by atoms with van der Waals surface area (Å²) in [6.07, 6.45) is -0.861. The lowest BCUT2D eigenvalue weighted by atomic mass is 10.2. The molecule has 18 heavy (non-hydrogen) atoms. The van der Waals surface area contributed by atoms with Crippen LogP contribution >= 0.6 is 11.6 Å². The van der Waals surface area contributed by atoms with Crippen LogP contribution < -0.4 is 11.1 Å². The first-order valence-corrected chi connectivity index (χ1v) is 5.35. The highest BCUT2D eigenvalue weighted by Gasteiger charge is 2.21. The summed E-state index contributed by atoms with van der Waals surface area (Å²) in [5.74, 6) is -0.551. The van der Waals surface area contributed by atoms with Crippen molar-refractivity contribution in [1.82, 2.24) is 0 Å². The number of carbonyl (C=O) groups is 1. The Morgan fingerprint density at radius 3 is 2.83 bits per heavy atom. The quantitative estimate of drug-likeness (QED) is 0.618. The average Bonchev–Trinajstić information content (AvgIpc) is 2.32. The summed E-state index contributed by atoms with van der Waals surface area (Å²) in [5.41, 5.74) is 5.08. The summed E-state index contributed by atoms with van der Waals surface area (Å²) >= 11 is 5.65. The van der Waals surface area contributed by atoms with Crippen LogP contribution in [0.4, 0.5) is 11.4 Å². The standard InChI is InChI=1S/C10H12ClN3O4/c1-18-9(5-12)10(15)13-7-3-2-6(11)4-8(7)14(16)17/h2-4,9H,5,12H2,1H3,(H,13,15). The summed E-state index contributed by atoms with van der Waals surface area (Å²) in [4.78, 5) is 21.8. The van der Waals surface area contributed by atoms with E-state index < -0.39 is 16.9 Å². The van der Waals surface area contributed by atoms with Gasteiger partial charge in [-0.25, -0.2) is 0 Å². The third-order valence-corrected chi connectivity index (χ3v) is 2.44. The molecule has 1 aromatic rings. The van der Waals surface area contributed by atoms with Crippen molar-refractivity contribution < 1.29 is 14.5 Å². The van der Waals surface area contributed by atoms with Crippen LogP contribution in [-0.4, -0.2) is 30.6 Å². The maximum atomic E-state index is 11.7. The zero-order chi connectivity index (χ0) is 13.7. The Morgan fingerprint density at radius 2 is 2.33 bits per heavy atom. The van der Waals surface area contributed by atoms with Gasteiger partial charge in [0.1, 0.15) is 11.8 Å². The van der Waals surface area contributed by atoms with E-state index in [0.717, 1.165) is 6.07 Å². The number of amides is 1. The van der Waals surface area contributed by atoms with Crippen molar-refractivity contribution >= 4 is 28.9 Å². The molecule has 0 spiro atoms. The minimum absolute atomic E-state index is 0.0241. The maximum absolute atomic E-state index is 11.7. The molecule has 0 heterocycles. The van der Waals surface area contributed by atoms with Crippen molar-refractivity contribution in [3.05, 3.63) is 33.3 Å². The molecule has 3 N–H and O–H groups in total. The van der Waals surface area contributed by atoms with Crippen LogP contribution in [0.25, 0.3) is 0 Å². The van der Waals surface area contributed by atoms with E-state index in [1.54, 1.807) is 0 Å². The first kappa shape index (κ1) is 14.4. The van der Waals surface area contributed by atoms with Gasteiger partial charge >= 0.3 is 0 Å². The topological polar surface area (TPSA) is 107 Å². The number of nitrogens with zero attached hydrogens (tertiary/aromatic N) is 1. The first-order chi connectivity index (χ1) is 8.49. The lowest BCUT2D eigenvalue weighted by molar-refractivity contribution is -0.383. The fraction of sp³-hybridized carbons (Fsp3) is 0.300. The largest absolute Gasteiger partial charge is 0.370 e. The molecule has 1 atom stereocenters. The predicted octanol–water partition coefficient (Wildman–Crippen LogP) is 1.16. The van der Waals surface area contributed by atoms with Crippen LogP contribution in [0.3, 0.4) is 0 Å². The summed E-state index contributed by atoms with van der Waals surface area (Å²) in [6, 6.07) is 3.94. The van der Waals surface area contributed by atoms with Crippen LogP contribution in [0.15, 0.2) is 18.2 Å². The van der Waals surface area contributed by atoms with E-state index >= 15 is 0 Å². The van der Waals surface area contributed by atoms with E-state index in [4.69, 9.17) is 22.1 Å². The third kappa shape index (κ3) is 3.39. The molecule has 0 aromatic heterocycles. The number of nitro benzene ring substituents is 1. The second-order valence-electron chi connectivity index (χ2n) is 3.37. The molecule has 0 radical (unpaired) electrons. The molecule has 7 nitrogen and oxygen atoms in total. The number of rotatable bonds is 5. The van der Waals surface area contributed by atoms with Crippen molar-refractivity contribution in [2.24, 2.45) is 5.73 Å². The lowest BCUT2D eigenvalue weighted by Gasteiger charge is -2.13. The number of nitrogens with one attached hydrogen (secondary N) is 1. The number of hydrogen-bond acceptors (Lipinski definition) is 5. The lowest BCUT2D eigenvalue weighted by Crippen LogP contribution is -2.36. The van der Waals surface area contributed by atoms with Crippen molar-refractivity contribution in [3.8, 4) is 0 Å². The number of carbonyl (C=O) groups excluding carboxylic acids is 1. The van der Waals surface area contributed by atoms with Gasteiger partial charge in [0.15, 0.2) is 0 Å². The fourth-order valence-corrected chi connectivity index (χ4v) is 1.45. The molecule has 0 saturated heterocycles. The van der Waals surface area contributed by atoms with Crippen molar-refractivity contribution in [2.75, 3.05) is 19.0 Å². The smallest absolute Gasteiger partial charge is 0.294 e. The molecule has 8 heteroatoms. The zero-order valence-electron chi connectivity index (χ0n) is 9.55. The Labute approximate surface area is 108 Å². The average molecular weight is 274 g/mol. The number of benzene rings is 1. The minimum atomic E-state index is -0.861. The van der Waals surface area contributed by atoms with Crippen molar-refractivity contribution in [1.29, 1.82) is 0 Å². The first-order valence-electron chi connectivity index (χ1n) is 4.97. The number of ether oxygens (including phenoxy) is 1. The molecule has 0 fully saturated rings. The summed E-state index contributed by atoms with van der Waals surface area (Å²) in [5, 5.41) is 13.4. The highest BCUT2D eigenvalue weighted by atomic mass is 35.5. The van der Waals surface area contributed by atoms with E-state index in [2.05, 4.69) is 5.32 Å². The monoisotopic (exact) mass is 273 g/mol.